The zero-order valence-electron chi connectivity index (χ0n) is 15.2. The average molecular weight is 345 g/mol. The Hall–Kier alpha value is -1.59. The molecule has 2 aliphatic carbocycles. The Morgan fingerprint density at radius 2 is 2.24 bits per heavy atom. The van der Waals surface area contributed by atoms with Crippen molar-refractivity contribution in [3.05, 3.63) is 23.3 Å². The number of nitrogens with one attached hydrogen (secondary N) is 1. The molecule has 1 fully saturated rings. The van der Waals surface area contributed by atoms with E-state index >= 15 is 0 Å². The van der Waals surface area contributed by atoms with Gasteiger partial charge in [-0.05, 0) is 37.9 Å². The van der Waals surface area contributed by atoms with Gasteiger partial charge in [0.05, 0.1) is 18.1 Å². The molecule has 4 rings (SSSR count). The van der Waals surface area contributed by atoms with Crippen LogP contribution < -0.4 is 14.8 Å². The van der Waals surface area contributed by atoms with E-state index in [-0.39, 0.29) is 11.8 Å². The van der Waals surface area contributed by atoms with E-state index in [0.29, 0.717) is 24.3 Å². The molecule has 1 aromatic carbocycles. The first kappa shape index (κ1) is 16.9. The molecule has 0 spiro atoms. The first-order valence-corrected chi connectivity index (χ1v) is 9.32. The molecule has 0 radical (unpaired) electrons. The van der Waals surface area contributed by atoms with Gasteiger partial charge in [-0.1, -0.05) is 25.8 Å². The molecule has 3 aliphatic rings. The SMILES string of the molecule is CCCC[C@]12c3c4ccc(OC)c3OC1C(=O)CCC2(O)C(NC)C4. The molecule has 3 unspecified atom stereocenters. The van der Waals surface area contributed by atoms with Gasteiger partial charge in [0.2, 0.25) is 0 Å². The minimum atomic E-state index is -0.986. The number of unbranched alkanes of at least 4 members (excludes halogenated alkanes) is 1. The van der Waals surface area contributed by atoms with Gasteiger partial charge in [0.25, 0.3) is 0 Å². The highest BCUT2D eigenvalue weighted by Crippen LogP contribution is 2.63. The minimum absolute atomic E-state index is 0.0876. The number of rotatable bonds is 5. The summed E-state index contributed by atoms with van der Waals surface area (Å²) in [5, 5.41) is 15.2. The lowest BCUT2D eigenvalue weighted by molar-refractivity contribution is -0.159. The molecule has 25 heavy (non-hydrogen) atoms. The van der Waals surface area contributed by atoms with Crippen molar-refractivity contribution in [2.45, 2.75) is 68.6 Å². The second-order valence-corrected chi connectivity index (χ2v) is 7.64. The van der Waals surface area contributed by atoms with E-state index in [1.807, 2.05) is 13.1 Å². The Morgan fingerprint density at radius 1 is 1.44 bits per heavy atom. The molecule has 2 N–H and O–H groups in total. The number of aliphatic hydroxyl groups is 1. The normalized spacial score (nSPS) is 35.3. The number of benzene rings is 1. The largest absolute Gasteiger partial charge is 0.493 e. The number of ether oxygens (including phenoxy) is 2. The number of carbonyl (C=O) groups is 1. The molecular formula is C20H27NO4. The summed E-state index contributed by atoms with van der Waals surface area (Å²) in [4.78, 5) is 12.8. The van der Waals surface area contributed by atoms with Crippen LogP contribution in [-0.2, 0) is 16.6 Å². The van der Waals surface area contributed by atoms with Crippen molar-refractivity contribution in [1.82, 2.24) is 5.32 Å². The minimum Gasteiger partial charge on any atom is -0.493 e. The number of ketones is 1. The van der Waals surface area contributed by atoms with Gasteiger partial charge in [-0.3, -0.25) is 4.79 Å². The van der Waals surface area contributed by atoms with Crippen molar-refractivity contribution in [3.8, 4) is 11.5 Å². The van der Waals surface area contributed by atoms with Gasteiger partial charge in [0.15, 0.2) is 23.4 Å². The van der Waals surface area contributed by atoms with E-state index in [1.165, 1.54) is 0 Å². The summed E-state index contributed by atoms with van der Waals surface area (Å²) in [6.07, 6.45) is 3.67. The second-order valence-electron chi connectivity index (χ2n) is 7.64. The van der Waals surface area contributed by atoms with Crippen LogP contribution in [0, 0.1) is 0 Å². The Labute approximate surface area is 148 Å². The summed E-state index contributed by atoms with van der Waals surface area (Å²) in [7, 11) is 3.52. The Balaban J connectivity index is 2.02. The van der Waals surface area contributed by atoms with Crippen molar-refractivity contribution in [2.75, 3.05) is 14.2 Å². The van der Waals surface area contributed by atoms with Crippen LogP contribution in [0.4, 0.5) is 0 Å². The van der Waals surface area contributed by atoms with Gasteiger partial charge in [0, 0.05) is 18.0 Å². The van der Waals surface area contributed by atoms with Gasteiger partial charge in [-0.2, -0.15) is 0 Å². The van der Waals surface area contributed by atoms with Crippen LogP contribution in [0.2, 0.25) is 0 Å². The van der Waals surface area contributed by atoms with Gasteiger partial charge in [-0.25, -0.2) is 0 Å². The number of likely N-dealkylation sites (N-methyl/N-ethyl adjacent to an activating group) is 1. The topological polar surface area (TPSA) is 67.8 Å². The predicted molar refractivity (Wildman–Crippen MR) is 94.4 cm³/mol. The molecule has 0 amide bonds. The van der Waals surface area contributed by atoms with E-state index in [0.717, 1.165) is 36.8 Å². The summed E-state index contributed by atoms with van der Waals surface area (Å²) in [6, 6.07) is 3.90. The fraction of sp³-hybridized carbons (Fsp3) is 0.650. The summed E-state index contributed by atoms with van der Waals surface area (Å²) in [5.74, 6) is 1.42. The van der Waals surface area contributed by atoms with E-state index < -0.39 is 17.1 Å². The van der Waals surface area contributed by atoms with Crippen LogP contribution in [0.5, 0.6) is 11.5 Å². The highest BCUT2D eigenvalue weighted by molar-refractivity contribution is 5.89. The number of carbonyl (C=O) groups excluding carboxylic acids is 1. The summed E-state index contributed by atoms with van der Waals surface area (Å²) in [5.41, 5.74) is 0.518. The first-order chi connectivity index (χ1) is 12.0. The maximum absolute atomic E-state index is 12.8. The second kappa shape index (κ2) is 5.71. The monoisotopic (exact) mass is 345 g/mol. The van der Waals surface area contributed by atoms with Crippen LogP contribution >= 0.6 is 0 Å². The fourth-order valence-corrected chi connectivity index (χ4v) is 5.49. The molecule has 5 nitrogen and oxygen atoms in total. The molecule has 1 heterocycles. The Kier molecular flexibility index (Phi) is 3.85. The standard InChI is InChI=1S/C20H27NO4/c1-4-5-9-19-16-12-6-7-14(24-3)17(16)25-18(19)13(22)8-10-20(19,23)15(11-12)21-2/h6-7,15,18,21,23H,4-5,8-11H2,1-3H3/t15?,18?,19-,20?/m0/s1. The maximum atomic E-state index is 12.8. The number of hydrogen-bond donors (Lipinski definition) is 2. The maximum Gasteiger partial charge on any atom is 0.174 e. The van der Waals surface area contributed by atoms with Crippen LogP contribution in [0.15, 0.2) is 12.1 Å². The molecular weight excluding hydrogens is 318 g/mol. The van der Waals surface area contributed by atoms with Crippen molar-refractivity contribution in [1.29, 1.82) is 0 Å². The van der Waals surface area contributed by atoms with Crippen molar-refractivity contribution in [2.24, 2.45) is 0 Å². The molecule has 0 saturated heterocycles. The van der Waals surface area contributed by atoms with Crippen LogP contribution in [0.25, 0.3) is 0 Å². The summed E-state index contributed by atoms with van der Waals surface area (Å²) >= 11 is 0. The Bertz CT molecular complexity index is 718. The molecule has 5 heteroatoms. The van der Waals surface area contributed by atoms with E-state index in [4.69, 9.17) is 9.47 Å². The molecule has 1 saturated carbocycles. The third kappa shape index (κ3) is 1.94. The quantitative estimate of drug-likeness (QED) is 0.856. The van der Waals surface area contributed by atoms with E-state index in [2.05, 4.69) is 18.3 Å². The van der Waals surface area contributed by atoms with Crippen LogP contribution in [-0.4, -0.2) is 42.8 Å². The third-order valence-corrected chi connectivity index (χ3v) is 6.65. The molecule has 1 aromatic rings. The van der Waals surface area contributed by atoms with Gasteiger partial charge in [0.1, 0.15) is 0 Å². The van der Waals surface area contributed by atoms with Crippen LogP contribution in [0.3, 0.4) is 0 Å². The molecule has 1 aliphatic heterocycles. The molecule has 0 bridgehead atoms. The van der Waals surface area contributed by atoms with E-state index in [9.17, 15) is 9.90 Å². The first-order valence-electron chi connectivity index (χ1n) is 9.32. The molecule has 4 atom stereocenters. The fourth-order valence-electron chi connectivity index (χ4n) is 5.49. The molecule has 0 aromatic heterocycles. The summed E-state index contributed by atoms with van der Waals surface area (Å²) < 4.78 is 11.7. The van der Waals surface area contributed by atoms with Gasteiger partial charge < -0.3 is 19.9 Å². The van der Waals surface area contributed by atoms with Crippen molar-refractivity contribution >= 4 is 5.78 Å². The highest BCUT2D eigenvalue weighted by atomic mass is 16.5. The number of Topliss-reactive ketones (excluding diaryl/α,β-unsaturated/α-hetero) is 1. The van der Waals surface area contributed by atoms with Crippen LogP contribution in [0.1, 0.15) is 50.2 Å². The Morgan fingerprint density at radius 3 is 2.92 bits per heavy atom. The van der Waals surface area contributed by atoms with Crippen molar-refractivity contribution < 1.29 is 19.4 Å². The lowest BCUT2D eigenvalue weighted by atomic mass is 9.50. The summed E-state index contributed by atoms with van der Waals surface area (Å²) in [6.45, 7) is 2.14. The van der Waals surface area contributed by atoms with Gasteiger partial charge in [-0.15, -0.1) is 0 Å². The zero-order chi connectivity index (χ0) is 17.8. The van der Waals surface area contributed by atoms with Crippen molar-refractivity contribution in [3.63, 3.8) is 0 Å². The lowest BCUT2D eigenvalue weighted by Gasteiger charge is -2.56. The highest BCUT2D eigenvalue weighted by Gasteiger charge is 2.70. The molecule has 136 valence electrons. The third-order valence-electron chi connectivity index (χ3n) is 6.65. The average Bonchev–Trinajstić information content (AvgIpc) is 2.99. The predicted octanol–water partition coefficient (Wildman–Crippen LogP) is 2.12. The zero-order valence-corrected chi connectivity index (χ0v) is 15.2. The lowest BCUT2D eigenvalue weighted by Crippen LogP contribution is -2.72. The number of hydrogen-bond acceptors (Lipinski definition) is 5. The number of methoxy groups -OCH3 is 1. The van der Waals surface area contributed by atoms with Gasteiger partial charge >= 0.3 is 0 Å². The van der Waals surface area contributed by atoms with E-state index in [1.54, 1.807) is 7.11 Å². The smallest absolute Gasteiger partial charge is 0.174 e.